The summed E-state index contributed by atoms with van der Waals surface area (Å²) in [5, 5.41) is 25.9. The van der Waals surface area contributed by atoms with E-state index in [0.717, 1.165) is 21.5 Å². The van der Waals surface area contributed by atoms with Crippen molar-refractivity contribution in [2.75, 3.05) is 13.2 Å². The van der Waals surface area contributed by atoms with Crippen LogP contribution in [-0.2, 0) is 20.6 Å². The first-order valence-corrected chi connectivity index (χ1v) is 22.5. The van der Waals surface area contributed by atoms with Gasteiger partial charge >= 0.3 is 5.97 Å². The molecule has 52 heavy (non-hydrogen) atoms. The van der Waals surface area contributed by atoms with Gasteiger partial charge < -0.3 is 24.9 Å². The number of Topliss-reactive ketones (excluding diaryl/α,β-unsaturated/α-hetero) is 1. The standard InChI is InChI=1S/C42H51N2O6PSi/c1-30(50-52(5,6)42(2,3)4)38-36(28-37(46)32-24-22-31(23-25-32)29-43-26-27-45)44(39(38)47)40(41(48)49)51(33-16-10-7-11-17-33,34-18-12-8-13-19-34)35-20-14-9-15-21-35/h7-25,30,36,38,43,45H,26-29H2,1-6H3,(H,48,49)/t30-,36-,38-/m1/s1. The van der Waals surface area contributed by atoms with E-state index in [9.17, 15) is 19.5 Å². The Morgan fingerprint density at radius 1 is 0.846 bits per heavy atom. The molecule has 0 bridgehead atoms. The minimum atomic E-state index is -3.22. The van der Waals surface area contributed by atoms with E-state index in [1.807, 2.05) is 110 Å². The molecule has 1 aliphatic rings. The number of likely N-dealkylation sites (tertiary alicyclic amines) is 1. The van der Waals surface area contributed by atoms with Crippen molar-refractivity contribution in [3.63, 3.8) is 0 Å². The first-order chi connectivity index (χ1) is 24.7. The quantitative estimate of drug-likeness (QED) is 0.0466. The number of β-lactam (4-membered cyclic amide) rings is 1. The predicted molar refractivity (Wildman–Crippen MR) is 214 cm³/mol. The number of hydrogen-bond donors (Lipinski definition) is 3. The number of carbonyl (C=O) groups is 3. The van der Waals surface area contributed by atoms with Gasteiger partial charge in [0.05, 0.1) is 24.7 Å². The summed E-state index contributed by atoms with van der Waals surface area (Å²) < 4.78 is 6.79. The van der Waals surface area contributed by atoms with Gasteiger partial charge in [-0.3, -0.25) is 9.59 Å². The zero-order valence-corrected chi connectivity index (χ0v) is 32.8. The lowest BCUT2D eigenvalue weighted by Crippen LogP contribution is -2.69. The summed E-state index contributed by atoms with van der Waals surface area (Å²) in [5.74, 6) is -2.46. The van der Waals surface area contributed by atoms with Gasteiger partial charge in [-0.2, -0.15) is 0 Å². The van der Waals surface area contributed by atoms with Gasteiger partial charge in [0.15, 0.2) is 14.1 Å². The number of aliphatic hydroxyl groups is 1. The molecule has 4 aromatic carbocycles. The Hall–Kier alpha value is -4.11. The number of nitrogens with zero attached hydrogens (tertiary/aromatic N) is 1. The first kappa shape index (κ1) is 39.1. The van der Waals surface area contributed by atoms with E-state index in [1.165, 1.54) is 4.90 Å². The normalized spacial score (nSPS) is 17.0. The maximum Gasteiger partial charge on any atom is 0.353 e. The van der Waals surface area contributed by atoms with Gasteiger partial charge in [-0.05, 0) is 46.5 Å². The number of hydrogen-bond acceptors (Lipinski definition) is 6. The molecule has 3 atom stereocenters. The van der Waals surface area contributed by atoms with E-state index in [4.69, 9.17) is 9.53 Å². The molecule has 0 saturated carbocycles. The maximum atomic E-state index is 14.8. The fourth-order valence-electron chi connectivity index (χ4n) is 6.88. The third-order valence-corrected chi connectivity index (χ3v) is 19.4. The highest BCUT2D eigenvalue weighted by atomic mass is 31.2. The molecule has 1 heterocycles. The lowest BCUT2D eigenvalue weighted by molar-refractivity contribution is -0.155. The second-order valence-corrected chi connectivity index (χ2v) is 23.0. The van der Waals surface area contributed by atoms with Crippen LogP contribution in [0.25, 0.3) is 0 Å². The van der Waals surface area contributed by atoms with Crippen molar-refractivity contribution in [3.05, 3.63) is 126 Å². The van der Waals surface area contributed by atoms with Gasteiger partial charge in [0, 0.05) is 32.0 Å². The number of amides is 1. The number of rotatable bonds is 15. The van der Waals surface area contributed by atoms with Gasteiger partial charge in [-0.15, -0.1) is 0 Å². The van der Waals surface area contributed by atoms with Crippen LogP contribution in [0, 0.1) is 5.92 Å². The topological polar surface area (TPSA) is 116 Å². The van der Waals surface area contributed by atoms with Crippen LogP contribution in [0.4, 0.5) is 0 Å². The maximum absolute atomic E-state index is 14.8. The predicted octanol–water partition coefficient (Wildman–Crippen LogP) is 5.79. The number of carboxylic acid groups (broad SMARTS) is 1. The van der Waals surface area contributed by atoms with Crippen LogP contribution in [0.1, 0.15) is 50.0 Å². The number of nitrogens with one attached hydrogen (secondary N) is 1. The van der Waals surface area contributed by atoms with Crippen LogP contribution in [0.2, 0.25) is 18.1 Å². The molecular formula is C42H51N2O6PSi. The molecule has 3 N–H and O–H groups in total. The molecule has 0 aliphatic carbocycles. The number of benzene rings is 4. The molecule has 10 heteroatoms. The summed E-state index contributed by atoms with van der Waals surface area (Å²) in [6, 6.07) is 35.3. The van der Waals surface area contributed by atoms with E-state index in [1.54, 1.807) is 12.1 Å². The Labute approximate surface area is 309 Å². The lowest BCUT2D eigenvalue weighted by atomic mass is 9.79. The SMILES string of the molecule is C[C@@H](O[Si](C)(C)C(C)(C)C)[C@H]1C(=O)N(C(C(=O)O)=P(c2ccccc2)(c2ccccc2)c2ccccc2)[C@@H]1CC(=O)c1ccc(CNCCO)cc1. The van der Waals surface area contributed by atoms with E-state index in [0.29, 0.717) is 18.7 Å². The van der Waals surface area contributed by atoms with Crippen molar-refractivity contribution in [1.29, 1.82) is 0 Å². The summed E-state index contributed by atoms with van der Waals surface area (Å²) >= 11 is 0. The molecule has 274 valence electrons. The Morgan fingerprint density at radius 2 is 1.33 bits per heavy atom. The van der Waals surface area contributed by atoms with Crippen molar-refractivity contribution in [3.8, 4) is 0 Å². The fraction of sp³-hybridized carbons (Fsp3) is 0.333. The molecule has 4 aromatic rings. The number of carboxylic acids is 1. The second-order valence-electron chi connectivity index (χ2n) is 14.9. The number of carbonyl (C=O) groups excluding carboxylic acids is 2. The number of aliphatic hydroxyl groups excluding tert-OH is 1. The zero-order chi connectivity index (χ0) is 37.7. The minimum absolute atomic E-state index is 0.0139. The van der Waals surface area contributed by atoms with Crippen LogP contribution in [0.3, 0.4) is 0 Å². The third kappa shape index (κ3) is 7.80. The smallest absolute Gasteiger partial charge is 0.353 e. The molecule has 1 amide bonds. The fourth-order valence-corrected chi connectivity index (χ4v) is 12.7. The van der Waals surface area contributed by atoms with Gasteiger partial charge in [-0.1, -0.05) is 136 Å². The van der Waals surface area contributed by atoms with E-state index in [2.05, 4.69) is 39.2 Å². The van der Waals surface area contributed by atoms with Crippen LogP contribution in [-0.4, -0.2) is 71.8 Å². The largest absolute Gasteiger partial charge is 0.477 e. The van der Waals surface area contributed by atoms with Crippen molar-refractivity contribution in [2.24, 2.45) is 5.92 Å². The molecule has 8 nitrogen and oxygen atoms in total. The van der Waals surface area contributed by atoms with E-state index >= 15 is 0 Å². The molecule has 0 spiro atoms. The molecule has 1 fully saturated rings. The monoisotopic (exact) mass is 738 g/mol. The number of ketones is 1. The Balaban J connectivity index is 1.72. The van der Waals surface area contributed by atoms with Gasteiger partial charge in [0.2, 0.25) is 5.91 Å². The van der Waals surface area contributed by atoms with Crippen LogP contribution in [0.5, 0.6) is 0 Å². The highest BCUT2D eigenvalue weighted by molar-refractivity contribution is 7.96. The zero-order valence-electron chi connectivity index (χ0n) is 31.0. The highest BCUT2D eigenvalue weighted by Crippen LogP contribution is 2.50. The Bertz CT molecular complexity index is 1810. The summed E-state index contributed by atoms with van der Waals surface area (Å²) in [4.78, 5) is 44.4. The molecule has 0 radical (unpaired) electrons. The third-order valence-electron chi connectivity index (χ3n) is 10.5. The minimum Gasteiger partial charge on any atom is -0.477 e. The highest BCUT2D eigenvalue weighted by Gasteiger charge is 2.57. The second kappa shape index (κ2) is 16.3. The molecular weight excluding hydrogens is 688 g/mol. The molecule has 1 saturated heterocycles. The lowest BCUT2D eigenvalue weighted by Gasteiger charge is -2.52. The van der Waals surface area contributed by atoms with E-state index in [-0.39, 0.29) is 35.2 Å². The summed E-state index contributed by atoms with van der Waals surface area (Å²) in [5.41, 5.74) is 1.43. The van der Waals surface area contributed by atoms with Crippen molar-refractivity contribution in [1.82, 2.24) is 10.2 Å². The van der Waals surface area contributed by atoms with Crippen LogP contribution >= 0.6 is 6.89 Å². The Kier molecular flexibility index (Phi) is 12.2. The summed E-state index contributed by atoms with van der Waals surface area (Å²) in [6.45, 7) is 10.4. The van der Waals surface area contributed by atoms with Gasteiger partial charge in [0.25, 0.3) is 0 Å². The van der Waals surface area contributed by atoms with Crippen molar-refractivity contribution >= 4 is 54.2 Å². The Morgan fingerprint density at radius 3 is 1.75 bits per heavy atom. The van der Waals surface area contributed by atoms with Gasteiger partial charge in [0.1, 0.15) is 5.42 Å². The number of aliphatic carboxylic acids is 1. The van der Waals surface area contributed by atoms with Crippen LogP contribution < -0.4 is 21.2 Å². The average Bonchev–Trinajstić information content (AvgIpc) is 3.12. The summed E-state index contributed by atoms with van der Waals surface area (Å²) in [6.07, 6.45) is -0.617. The van der Waals surface area contributed by atoms with Crippen molar-refractivity contribution < 1.29 is 29.0 Å². The first-order valence-electron chi connectivity index (χ1n) is 17.9. The van der Waals surface area contributed by atoms with Gasteiger partial charge in [-0.25, -0.2) is 4.79 Å². The molecule has 1 aliphatic heterocycles. The van der Waals surface area contributed by atoms with Crippen molar-refractivity contribution in [2.45, 2.75) is 70.9 Å². The van der Waals surface area contributed by atoms with E-state index < -0.39 is 39.2 Å². The molecule has 0 aromatic heterocycles. The molecule has 5 rings (SSSR count). The average molecular weight is 739 g/mol. The van der Waals surface area contributed by atoms with Crippen LogP contribution in [0.15, 0.2) is 115 Å². The summed E-state index contributed by atoms with van der Waals surface area (Å²) in [7, 11) is -2.36. The molecule has 0 unspecified atom stereocenters.